The molecular formula is C13H19FN2O4S. The van der Waals surface area contributed by atoms with Crippen LogP contribution in [0, 0.1) is 11.7 Å². The number of methoxy groups -OCH3 is 1. The van der Waals surface area contributed by atoms with Gasteiger partial charge in [0.1, 0.15) is 0 Å². The lowest BCUT2D eigenvalue weighted by Gasteiger charge is -2.47. The Labute approximate surface area is 123 Å². The number of sulfonamides is 1. The Kier molecular flexibility index (Phi) is 3.90. The summed E-state index contributed by atoms with van der Waals surface area (Å²) >= 11 is 0. The van der Waals surface area contributed by atoms with Crippen molar-refractivity contribution in [2.24, 2.45) is 5.92 Å². The number of nitrogens with two attached hydrogens (primary N) is 1. The summed E-state index contributed by atoms with van der Waals surface area (Å²) in [6.45, 7) is 3.60. The van der Waals surface area contributed by atoms with E-state index in [1.54, 1.807) is 0 Å². The van der Waals surface area contributed by atoms with Crippen LogP contribution in [0.4, 0.5) is 10.1 Å². The molecule has 0 amide bonds. The number of rotatable bonds is 4. The second-order valence-electron chi connectivity index (χ2n) is 5.56. The summed E-state index contributed by atoms with van der Waals surface area (Å²) in [4.78, 5) is -0.246. The van der Waals surface area contributed by atoms with Gasteiger partial charge in [-0.15, -0.1) is 0 Å². The van der Waals surface area contributed by atoms with Crippen LogP contribution in [0.1, 0.15) is 13.8 Å². The summed E-state index contributed by atoms with van der Waals surface area (Å²) in [5.74, 6) is -1.09. The first-order valence-electron chi connectivity index (χ1n) is 6.47. The van der Waals surface area contributed by atoms with E-state index in [9.17, 15) is 17.9 Å². The summed E-state index contributed by atoms with van der Waals surface area (Å²) in [6, 6.07) is 2.03. The molecule has 0 saturated carbocycles. The average Bonchev–Trinajstić information content (AvgIpc) is 2.34. The molecule has 0 aromatic heterocycles. The largest absolute Gasteiger partial charge is 0.492 e. The van der Waals surface area contributed by atoms with Gasteiger partial charge in [-0.05, 0) is 18.1 Å². The maximum absolute atomic E-state index is 13.8. The Bertz CT molecular complexity index is 631. The molecule has 0 aliphatic carbocycles. The van der Waals surface area contributed by atoms with E-state index in [4.69, 9.17) is 10.5 Å². The molecule has 1 heterocycles. The van der Waals surface area contributed by atoms with Crippen molar-refractivity contribution in [2.75, 3.05) is 25.9 Å². The van der Waals surface area contributed by atoms with Crippen LogP contribution in [0.25, 0.3) is 0 Å². The normalized spacial score (nSPS) is 18.6. The maximum Gasteiger partial charge on any atom is 0.243 e. The Balaban J connectivity index is 2.31. The number of ether oxygens (including phenoxy) is 1. The molecule has 0 atom stereocenters. The summed E-state index contributed by atoms with van der Waals surface area (Å²) < 4.78 is 44.4. The first-order chi connectivity index (χ1) is 9.61. The van der Waals surface area contributed by atoms with Crippen molar-refractivity contribution < 1.29 is 22.7 Å². The minimum atomic E-state index is -3.88. The van der Waals surface area contributed by atoms with Crippen molar-refractivity contribution in [1.82, 2.24) is 4.31 Å². The number of β-amino-alcohol motifs (C(OH)–C–C–N with tert-alkyl or cyclic N) is 1. The lowest BCUT2D eigenvalue weighted by molar-refractivity contribution is -0.0932. The molecular weight excluding hydrogens is 299 g/mol. The molecule has 21 heavy (non-hydrogen) atoms. The number of benzene rings is 1. The van der Waals surface area contributed by atoms with Crippen molar-refractivity contribution in [3.8, 4) is 5.75 Å². The van der Waals surface area contributed by atoms with E-state index in [1.165, 1.54) is 7.11 Å². The third kappa shape index (κ3) is 2.58. The van der Waals surface area contributed by atoms with Crippen LogP contribution in [0.2, 0.25) is 0 Å². The van der Waals surface area contributed by atoms with Gasteiger partial charge in [0.05, 0.1) is 23.3 Å². The average molecular weight is 318 g/mol. The third-order valence-electron chi connectivity index (χ3n) is 3.86. The van der Waals surface area contributed by atoms with E-state index in [0.29, 0.717) is 0 Å². The van der Waals surface area contributed by atoms with Gasteiger partial charge in [-0.2, -0.15) is 4.31 Å². The number of hydrogen-bond donors (Lipinski definition) is 2. The van der Waals surface area contributed by atoms with Gasteiger partial charge in [-0.3, -0.25) is 0 Å². The van der Waals surface area contributed by atoms with Crippen LogP contribution in [0.3, 0.4) is 0 Å². The standard InChI is InChI=1S/C13H19FN2O4S/c1-8(2)13(17)6-16(7-13)21(18,19)9-4-10(14)12(20-3)11(15)5-9/h4-5,8,17H,6-7,15H2,1-3H3. The van der Waals surface area contributed by atoms with E-state index < -0.39 is 21.4 Å². The molecule has 2 rings (SSSR count). The van der Waals surface area contributed by atoms with Crippen LogP contribution in [0.5, 0.6) is 5.75 Å². The number of hydrogen-bond acceptors (Lipinski definition) is 5. The number of halogens is 1. The van der Waals surface area contributed by atoms with E-state index >= 15 is 0 Å². The fourth-order valence-corrected chi connectivity index (χ4v) is 3.82. The van der Waals surface area contributed by atoms with Crippen molar-refractivity contribution >= 4 is 15.7 Å². The van der Waals surface area contributed by atoms with Crippen LogP contribution in [-0.2, 0) is 10.0 Å². The zero-order valence-corrected chi connectivity index (χ0v) is 12.9. The SMILES string of the molecule is COc1c(N)cc(S(=O)(=O)N2CC(O)(C(C)C)C2)cc1F. The molecule has 118 valence electrons. The van der Waals surface area contributed by atoms with Gasteiger partial charge in [0.15, 0.2) is 11.6 Å². The molecule has 6 nitrogen and oxygen atoms in total. The zero-order chi connectivity index (χ0) is 16.0. The third-order valence-corrected chi connectivity index (χ3v) is 5.63. The molecule has 3 N–H and O–H groups in total. The highest BCUT2D eigenvalue weighted by Gasteiger charge is 2.49. The van der Waals surface area contributed by atoms with Gasteiger partial charge in [-0.25, -0.2) is 12.8 Å². The number of anilines is 1. The Morgan fingerprint density at radius 1 is 1.43 bits per heavy atom. The molecule has 8 heteroatoms. The lowest BCUT2D eigenvalue weighted by atomic mass is 9.85. The fraction of sp³-hybridized carbons (Fsp3) is 0.538. The highest BCUT2D eigenvalue weighted by molar-refractivity contribution is 7.89. The van der Waals surface area contributed by atoms with Gasteiger partial charge in [0, 0.05) is 13.1 Å². The predicted molar refractivity (Wildman–Crippen MR) is 75.9 cm³/mol. The van der Waals surface area contributed by atoms with Gasteiger partial charge >= 0.3 is 0 Å². The fourth-order valence-electron chi connectivity index (χ4n) is 2.20. The van der Waals surface area contributed by atoms with Gasteiger partial charge in [0.2, 0.25) is 10.0 Å². The Morgan fingerprint density at radius 2 is 2.00 bits per heavy atom. The van der Waals surface area contributed by atoms with Crippen molar-refractivity contribution in [3.63, 3.8) is 0 Å². The topological polar surface area (TPSA) is 92.9 Å². The number of nitrogen functional groups attached to an aromatic ring is 1. The second-order valence-corrected chi connectivity index (χ2v) is 7.50. The highest BCUT2D eigenvalue weighted by atomic mass is 32.2. The molecule has 0 radical (unpaired) electrons. The number of nitrogens with zero attached hydrogens (tertiary/aromatic N) is 1. The smallest absolute Gasteiger partial charge is 0.243 e. The first kappa shape index (κ1) is 16.0. The van der Waals surface area contributed by atoms with Gasteiger partial charge < -0.3 is 15.6 Å². The van der Waals surface area contributed by atoms with Gasteiger partial charge in [-0.1, -0.05) is 13.8 Å². The summed E-state index contributed by atoms with van der Waals surface area (Å²) in [6.07, 6.45) is 0. The van der Waals surface area contributed by atoms with Crippen LogP contribution < -0.4 is 10.5 Å². The second kappa shape index (κ2) is 5.11. The minimum Gasteiger partial charge on any atom is -0.492 e. The molecule has 1 aromatic carbocycles. The monoisotopic (exact) mass is 318 g/mol. The van der Waals surface area contributed by atoms with Crippen molar-refractivity contribution in [3.05, 3.63) is 17.9 Å². The van der Waals surface area contributed by atoms with Crippen LogP contribution >= 0.6 is 0 Å². The first-order valence-corrected chi connectivity index (χ1v) is 7.91. The minimum absolute atomic E-state index is 0.0133. The van der Waals surface area contributed by atoms with E-state index in [0.717, 1.165) is 16.4 Å². The van der Waals surface area contributed by atoms with Crippen LogP contribution in [0.15, 0.2) is 17.0 Å². The summed E-state index contributed by atoms with van der Waals surface area (Å²) in [5.41, 5.74) is 4.47. The summed E-state index contributed by atoms with van der Waals surface area (Å²) in [5, 5.41) is 10.1. The molecule has 1 aliphatic heterocycles. The maximum atomic E-state index is 13.8. The highest BCUT2D eigenvalue weighted by Crippen LogP contribution is 2.35. The molecule has 0 unspecified atom stereocenters. The molecule has 0 bridgehead atoms. The van der Waals surface area contributed by atoms with Crippen LogP contribution in [-0.4, -0.2) is 43.6 Å². The quantitative estimate of drug-likeness (QED) is 0.801. The van der Waals surface area contributed by atoms with Crippen molar-refractivity contribution in [2.45, 2.75) is 24.3 Å². The molecule has 1 aliphatic rings. The van der Waals surface area contributed by atoms with E-state index in [1.807, 2.05) is 13.8 Å². The van der Waals surface area contributed by atoms with Crippen molar-refractivity contribution in [1.29, 1.82) is 0 Å². The van der Waals surface area contributed by atoms with E-state index in [-0.39, 0.29) is 35.3 Å². The molecule has 1 saturated heterocycles. The van der Waals surface area contributed by atoms with Gasteiger partial charge in [0.25, 0.3) is 0 Å². The molecule has 1 aromatic rings. The molecule has 0 spiro atoms. The predicted octanol–water partition coefficient (Wildman–Crippen LogP) is 0.808. The Morgan fingerprint density at radius 3 is 2.43 bits per heavy atom. The lowest BCUT2D eigenvalue weighted by Crippen LogP contribution is -2.65. The van der Waals surface area contributed by atoms with E-state index in [2.05, 4.69) is 0 Å². The molecule has 1 fully saturated rings. The Hall–Kier alpha value is -1.38. The summed E-state index contributed by atoms with van der Waals surface area (Å²) in [7, 11) is -2.63. The zero-order valence-electron chi connectivity index (χ0n) is 12.1. The number of aliphatic hydroxyl groups is 1.